The van der Waals surface area contributed by atoms with Gasteiger partial charge in [0.05, 0.1) is 11.0 Å². The van der Waals surface area contributed by atoms with Crippen LogP contribution in [0, 0.1) is 0 Å². The smallest absolute Gasteiger partial charge is 0.155 e. The summed E-state index contributed by atoms with van der Waals surface area (Å²) < 4.78 is 2.43. The average Bonchev–Trinajstić information content (AvgIpc) is 3.67. The van der Waals surface area contributed by atoms with Gasteiger partial charge in [-0.1, -0.05) is 177 Å². The quantitative estimate of drug-likeness (QED) is 0.120. The first kappa shape index (κ1) is 31.9. The Morgan fingerprint density at radius 2 is 1.15 bits per heavy atom. The van der Waals surface area contributed by atoms with Gasteiger partial charge in [-0.25, -0.2) is 0 Å². The van der Waals surface area contributed by atoms with Crippen molar-refractivity contribution >= 4 is 63.9 Å². The van der Waals surface area contributed by atoms with E-state index >= 15 is 0 Å². The molecule has 254 valence electrons. The van der Waals surface area contributed by atoms with Crippen LogP contribution >= 0.6 is 0 Å². The van der Waals surface area contributed by atoms with Crippen LogP contribution in [0.3, 0.4) is 0 Å². The number of rotatable bonds is 6. The summed E-state index contributed by atoms with van der Waals surface area (Å²) in [7, 11) is -4.34. The molecule has 0 saturated carbocycles. The molecular weight excluding hydrogens is 671 g/mol. The molecule has 0 amide bonds. The maximum atomic E-state index is 2.56. The van der Waals surface area contributed by atoms with Gasteiger partial charge in [0.15, 0.2) is 8.07 Å². The van der Waals surface area contributed by atoms with Gasteiger partial charge in [0.2, 0.25) is 0 Å². The van der Waals surface area contributed by atoms with Gasteiger partial charge >= 0.3 is 0 Å². The number of para-hydroxylation sites is 2. The fraction of sp³-hybridized carbons (Fsp3) is 0.0800. The first-order chi connectivity index (χ1) is 26.0. The monoisotopic (exact) mass is 711 g/mol. The molecule has 7 aromatic carbocycles. The van der Waals surface area contributed by atoms with E-state index < -0.39 is 16.1 Å². The summed E-state index contributed by atoms with van der Waals surface area (Å²) in [6.07, 6.45) is 10.4. The van der Waals surface area contributed by atoms with Gasteiger partial charge in [-0.05, 0) is 90.5 Å². The Labute approximate surface area is 314 Å². The van der Waals surface area contributed by atoms with Gasteiger partial charge in [0.25, 0.3) is 0 Å². The zero-order valence-electron chi connectivity index (χ0n) is 30.2. The predicted octanol–water partition coefficient (Wildman–Crippen LogP) is 9.61. The maximum Gasteiger partial charge on any atom is 0.155 e. The summed E-state index contributed by atoms with van der Waals surface area (Å²) in [6, 6.07) is 64.6. The molecule has 1 aromatic heterocycles. The van der Waals surface area contributed by atoms with E-state index in [4.69, 9.17) is 0 Å². The lowest BCUT2D eigenvalue weighted by atomic mass is 9.99. The zero-order chi connectivity index (χ0) is 35.6. The highest BCUT2D eigenvalue weighted by molar-refractivity contribution is 7.12. The number of benzene rings is 7. The minimum Gasteiger partial charge on any atom is -0.309 e. The molecule has 3 heteroatoms. The Bertz CT molecular complexity index is 2720. The molecule has 10 rings (SSSR count). The van der Waals surface area contributed by atoms with E-state index in [1.54, 1.807) is 10.4 Å². The molecule has 1 nitrogen and oxygen atoms in total. The summed E-state index contributed by atoms with van der Waals surface area (Å²) in [5.74, 6) is 0. The number of hydrogen-bond donors (Lipinski definition) is 0. The fourth-order valence-electron chi connectivity index (χ4n) is 9.64. The van der Waals surface area contributed by atoms with E-state index in [1.165, 1.54) is 65.3 Å². The summed E-state index contributed by atoms with van der Waals surface area (Å²) in [5.41, 5.74) is 9.46. The third-order valence-corrected chi connectivity index (χ3v) is 21.0. The number of aromatic nitrogens is 1. The molecule has 1 aliphatic heterocycles. The molecule has 2 atom stereocenters. The van der Waals surface area contributed by atoms with Crippen LogP contribution in [-0.2, 0) is 0 Å². The van der Waals surface area contributed by atoms with Crippen molar-refractivity contribution in [3.63, 3.8) is 0 Å². The van der Waals surface area contributed by atoms with Crippen LogP contribution in [0.4, 0.5) is 0 Å². The van der Waals surface area contributed by atoms with Crippen LogP contribution in [0.15, 0.2) is 194 Å². The maximum absolute atomic E-state index is 2.65. The van der Waals surface area contributed by atoms with Crippen molar-refractivity contribution in [3.05, 3.63) is 194 Å². The van der Waals surface area contributed by atoms with E-state index in [2.05, 4.69) is 212 Å². The third kappa shape index (κ3) is 4.88. The summed E-state index contributed by atoms with van der Waals surface area (Å²) >= 11 is 0. The topological polar surface area (TPSA) is 4.93 Å². The fourth-order valence-corrected chi connectivity index (χ4v) is 18.0. The molecule has 0 saturated heterocycles. The molecule has 8 aromatic rings. The van der Waals surface area contributed by atoms with Gasteiger partial charge in [-0.3, -0.25) is 0 Å². The molecule has 2 unspecified atom stereocenters. The molecule has 0 fully saturated rings. The van der Waals surface area contributed by atoms with Gasteiger partial charge in [0, 0.05) is 16.5 Å². The Kier molecular flexibility index (Phi) is 7.50. The first-order valence-corrected chi connectivity index (χ1v) is 24.0. The summed E-state index contributed by atoms with van der Waals surface area (Å²) in [4.78, 5) is 0. The molecule has 53 heavy (non-hydrogen) atoms. The summed E-state index contributed by atoms with van der Waals surface area (Å²) in [5, 5.41) is 10.1. The molecule has 0 bridgehead atoms. The largest absolute Gasteiger partial charge is 0.309 e. The lowest BCUT2D eigenvalue weighted by molar-refractivity contribution is 0.998. The molecule has 0 radical (unpaired) electrons. The highest BCUT2D eigenvalue weighted by Gasteiger charge is 2.45. The third-order valence-electron chi connectivity index (χ3n) is 12.2. The molecule has 2 heterocycles. The van der Waals surface area contributed by atoms with E-state index in [1.807, 2.05) is 0 Å². The minimum absolute atomic E-state index is 0.365. The van der Waals surface area contributed by atoms with Gasteiger partial charge in [0.1, 0.15) is 8.07 Å². The second kappa shape index (κ2) is 12.4. The number of hydrogen-bond acceptors (Lipinski definition) is 0. The molecular formula is C50H41NSi2. The van der Waals surface area contributed by atoms with Gasteiger partial charge < -0.3 is 4.57 Å². The summed E-state index contributed by atoms with van der Waals surface area (Å²) in [6.45, 7) is 4.98. The molecule has 2 aliphatic rings. The van der Waals surface area contributed by atoms with Crippen molar-refractivity contribution in [1.82, 2.24) is 4.57 Å². The Morgan fingerprint density at radius 1 is 0.509 bits per heavy atom. The van der Waals surface area contributed by atoms with Gasteiger partial charge in [-0.15, -0.1) is 0 Å². The van der Waals surface area contributed by atoms with Crippen molar-refractivity contribution in [2.45, 2.75) is 25.1 Å². The van der Waals surface area contributed by atoms with Crippen LogP contribution in [0.5, 0.6) is 0 Å². The highest BCUT2D eigenvalue weighted by Crippen LogP contribution is 2.36. The highest BCUT2D eigenvalue weighted by atomic mass is 28.3. The Hall–Kier alpha value is -5.75. The lowest BCUT2D eigenvalue weighted by Gasteiger charge is -2.40. The molecule has 1 aliphatic carbocycles. The van der Waals surface area contributed by atoms with Crippen LogP contribution < -0.4 is 25.9 Å². The predicted molar refractivity (Wildman–Crippen MR) is 233 cm³/mol. The van der Waals surface area contributed by atoms with E-state index in [9.17, 15) is 0 Å². The zero-order valence-corrected chi connectivity index (χ0v) is 32.2. The standard InChI is InChI=1S/C50H41NSi2/c1-52(2)49-25-15-13-23-44(49)46-34-37(28-33-50(46)52)36-26-29-41(30-27-36)53(39-18-8-4-9-19-39,40-20-10-5-11-21-40)42-31-32-48-45(35-42)43-22-12-14-24-47(43)51(48)38-16-6-3-7-17-38/h3-20,22-35,40H,21H2,1-2H3. The van der Waals surface area contributed by atoms with E-state index in [0.29, 0.717) is 5.54 Å². The minimum atomic E-state index is -2.65. The molecule has 0 N–H and O–H groups in total. The van der Waals surface area contributed by atoms with Crippen LogP contribution in [-0.4, -0.2) is 20.7 Å². The number of nitrogens with zero attached hydrogens (tertiary/aromatic N) is 1. The van der Waals surface area contributed by atoms with Crippen molar-refractivity contribution in [2.75, 3.05) is 0 Å². The number of fused-ring (bicyclic) bond motifs is 6. The Morgan fingerprint density at radius 3 is 1.94 bits per heavy atom. The normalized spacial score (nSPS) is 16.8. The second-order valence-electron chi connectivity index (χ2n) is 15.3. The van der Waals surface area contributed by atoms with Crippen molar-refractivity contribution in [1.29, 1.82) is 0 Å². The van der Waals surface area contributed by atoms with Crippen LogP contribution in [0.1, 0.15) is 6.42 Å². The Balaban J connectivity index is 1.17. The van der Waals surface area contributed by atoms with Crippen LogP contribution in [0.25, 0.3) is 49.7 Å². The second-order valence-corrected chi connectivity index (χ2v) is 23.7. The average molecular weight is 712 g/mol. The SMILES string of the molecule is C[Si]1(C)c2ccccc2-c2cc(-c3ccc([Si](c4ccccc4)(c4ccc5c(c4)c4ccccc4n5-c4ccccc4)C4C=CC=CC4)cc3)ccc21. The van der Waals surface area contributed by atoms with Crippen molar-refractivity contribution in [3.8, 4) is 27.9 Å². The first-order valence-electron chi connectivity index (χ1n) is 18.9. The number of allylic oxidation sites excluding steroid dienone is 4. The van der Waals surface area contributed by atoms with E-state index in [0.717, 1.165) is 6.42 Å². The van der Waals surface area contributed by atoms with Crippen molar-refractivity contribution in [2.24, 2.45) is 0 Å². The van der Waals surface area contributed by atoms with Crippen molar-refractivity contribution < 1.29 is 0 Å². The lowest BCUT2D eigenvalue weighted by Crippen LogP contribution is -2.69. The van der Waals surface area contributed by atoms with Gasteiger partial charge in [-0.2, -0.15) is 0 Å². The van der Waals surface area contributed by atoms with Crippen LogP contribution in [0.2, 0.25) is 18.6 Å². The van der Waals surface area contributed by atoms with E-state index in [-0.39, 0.29) is 0 Å². The molecule has 0 spiro atoms.